The van der Waals surface area contributed by atoms with Gasteiger partial charge < -0.3 is 4.90 Å². The number of hydrogen-bond acceptors (Lipinski definition) is 3. The Hall–Kier alpha value is -1.95. The summed E-state index contributed by atoms with van der Waals surface area (Å²) in [6, 6.07) is 11.5. The normalized spacial score (nSPS) is 11.3. The van der Waals surface area contributed by atoms with Crippen LogP contribution in [0.15, 0.2) is 36.4 Å². The number of rotatable bonds is 6. The molecule has 0 unspecified atom stereocenters. The molecular formula is C21H25ClN3OS+. The number of amides is 1. The molecule has 0 bridgehead atoms. The van der Waals surface area contributed by atoms with E-state index in [0.29, 0.717) is 17.1 Å². The third kappa shape index (κ3) is 4.67. The molecule has 6 heteroatoms. The molecule has 142 valence electrons. The second kappa shape index (κ2) is 8.38. The molecule has 0 aliphatic heterocycles. The van der Waals surface area contributed by atoms with Gasteiger partial charge in [0.15, 0.2) is 5.13 Å². The van der Waals surface area contributed by atoms with Crippen molar-refractivity contribution >= 4 is 44.2 Å². The molecule has 4 nitrogen and oxygen atoms in total. The van der Waals surface area contributed by atoms with E-state index in [4.69, 9.17) is 16.6 Å². The predicted octanol–water partition coefficient (Wildman–Crippen LogP) is 3.75. The first kappa shape index (κ1) is 19.8. The lowest BCUT2D eigenvalue weighted by Gasteiger charge is -2.21. The van der Waals surface area contributed by atoms with Crippen LogP contribution in [0.25, 0.3) is 10.2 Å². The molecule has 3 aromatic rings. The summed E-state index contributed by atoms with van der Waals surface area (Å²) in [4.78, 5) is 21.2. The van der Waals surface area contributed by atoms with Crippen molar-refractivity contribution in [3.8, 4) is 0 Å². The van der Waals surface area contributed by atoms with Gasteiger partial charge in [0.05, 0.1) is 30.9 Å². The number of benzene rings is 2. The van der Waals surface area contributed by atoms with Crippen LogP contribution in [-0.2, 0) is 0 Å². The molecule has 0 atom stereocenters. The first-order valence-electron chi connectivity index (χ1n) is 9.09. The molecule has 0 radical (unpaired) electrons. The number of anilines is 1. The van der Waals surface area contributed by atoms with Gasteiger partial charge >= 0.3 is 0 Å². The van der Waals surface area contributed by atoms with Crippen LogP contribution in [-0.4, -0.2) is 38.1 Å². The van der Waals surface area contributed by atoms with E-state index in [9.17, 15) is 4.79 Å². The minimum atomic E-state index is -0.00277. The zero-order valence-corrected chi connectivity index (χ0v) is 17.7. The van der Waals surface area contributed by atoms with Gasteiger partial charge in [-0.1, -0.05) is 29.0 Å². The van der Waals surface area contributed by atoms with Crippen LogP contribution in [0.4, 0.5) is 5.13 Å². The third-order valence-corrected chi connectivity index (χ3v) is 5.90. The average molecular weight is 403 g/mol. The largest absolute Gasteiger partial charge is 0.340 e. The van der Waals surface area contributed by atoms with Gasteiger partial charge in [-0.15, -0.1) is 0 Å². The fourth-order valence-electron chi connectivity index (χ4n) is 2.91. The third-order valence-electron chi connectivity index (χ3n) is 4.63. The van der Waals surface area contributed by atoms with Gasteiger partial charge in [-0.2, -0.15) is 0 Å². The van der Waals surface area contributed by atoms with Gasteiger partial charge in [0.1, 0.15) is 0 Å². The van der Waals surface area contributed by atoms with Crippen molar-refractivity contribution in [2.75, 3.05) is 32.1 Å². The standard InChI is InChI=1S/C21H24ClN3OS/c1-14-6-7-16(12-15(14)2)20(26)25(11-5-10-24(3)4)21-23-18-9-8-17(22)13-19(18)27-21/h6-9,12-13H,5,10-11H2,1-4H3/p+1. The summed E-state index contributed by atoms with van der Waals surface area (Å²) < 4.78 is 0.994. The minimum absolute atomic E-state index is 0.00277. The van der Waals surface area contributed by atoms with E-state index in [0.717, 1.165) is 33.9 Å². The van der Waals surface area contributed by atoms with Crippen LogP contribution in [0.3, 0.4) is 0 Å². The molecule has 0 fully saturated rings. The van der Waals surface area contributed by atoms with Gasteiger partial charge in [-0.3, -0.25) is 9.69 Å². The van der Waals surface area contributed by atoms with Crippen LogP contribution < -0.4 is 9.80 Å². The highest BCUT2D eigenvalue weighted by Gasteiger charge is 2.22. The minimum Gasteiger partial charge on any atom is -0.340 e. The Labute approximate surface area is 169 Å². The second-order valence-corrected chi connectivity index (χ2v) is 8.62. The lowest BCUT2D eigenvalue weighted by atomic mass is 10.1. The van der Waals surface area contributed by atoms with Crippen molar-refractivity contribution in [2.45, 2.75) is 20.3 Å². The van der Waals surface area contributed by atoms with Gasteiger partial charge in [0.2, 0.25) is 0 Å². The molecule has 0 spiro atoms. The molecule has 2 aromatic carbocycles. The van der Waals surface area contributed by atoms with Crippen LogP contribution in [0.1, 0.15) is 27.9 Å². The smallest absolute Gasteiger partial charge is 0.260 e. The maximum atomic E-state index is 13.3. The molecule has 1 N–H and O–H groups in total. The molecule has 1 heterocycles. The molecule has 0 saturated carbocycles. The summed E-state index contributed by atoms with van der Waals surface area (Å²) >= 11 is 7.62. The number of carbonyl (C=O) groups is 1. The molecular weight excluding hydrogens is 378 g/mol. The van der Waals surface area contributed by atoms with E-state index in [1.54, 1.807) is 0 Å². The highest BCUT2D eigenvalue weighted by Crippen LogP contribution is 2.31. The first-order valence-corrected chi connectivity index (χ1v) is 10.3. The molecule has 27 heavy (non-hydrogen) atoms. The van der Waals surface area contributed by atoms with Crippen LogP contribution >= 0.6 is 22.9 Å². The lowest BCUT2D eigenvalue weighted by Crippen LogP contribution is -3.05. The van der Waals surface area contributed by atoms with Crippen molar-refractivity contribution in [3.63, 3.8) is 0 Å². The Morgan fingerprint density at radius 1 is 1.15 bits per heavy atom. The number of hydrogen-bond donors (Lipinski definition) is 1. The molecule has 0 aliphatic carbocycles. The van der Waals surface area contributed by atoms with E-state index >= 15 is 0 Å². The number of halogens is 1. The number of carbonyl (C=O) groups excluding carboxylic acids is 1. The summed E-state index contributed by atoms with van der Waals surface area (Å²) in [5.41, 5.74) is 3.88. The van der Waals surface area contributed by atoms with E-state index in [1.807, 2.05) is 48.2 Å². The molecule has 1 amide bonds. The number of nitrogens with zero attached hydrogens (tertiary/aromatic N) is 2. The quantitative estimate of drug-likeness (QED) is 0.681. The van der Waals surface area contributed by atoms with Crippen molar-refractivity contribution in [3.05, 3.63) is 58.1 Å². The SMILES string of the molecule is Cc1ccc(C(=O)N(CCC[NH+](C)C)c2nc3ccc(Cl)cc3s2)cc1C. The Kier molecular flexibility index (Phi) is 6.15. The molecule has 3 rings (SSSR count). The van der Waals surface area contributed by atoms with Crippen LogP contribution in [0, 0.1) is 13.8 Å². The van der Waals surface area contributed by atoms with Gasteiger partial charge in [-0.05, 0) is 55.3 Å². The van der Waals surface area contributed by atoms with Gasteiger partial charge in [0.25, 0.3) is 5.91 Å². The highest BCUT2D eigenvalue weighted by atomic mass is 35.5. The molecule has 0 saturated heterocycles. The van der Waals surface area contributed by atoms with Crippen molar-refractivity contribution < 1.29 is 9.69 Å². The average Bonchev–Trinajstić information content (AvgIpc) is 3.03. The monoisotopic (exact) mass is 402 g/mol. The summed E-state index contributed by atoms with van der Waals surface area (Å²) in [5.74, 6) is -0.00277. The topological polar surface area (TPSA) is 37.6 Å². The number of thiazole rings is 1. The van der Waals surface area contributed by atoms with E-state index < -0.39 is 0 Å². The molecule has 0 aliphatic rings. The number of nitrogens with one attached hydrogen (secondary N) is 1. The number of aryl methyl sites for hydroxylation is 2. The van der Waals surface area contributed by atoms with Crippen molar-refractivity contribution in [1.29, 1.82) is 0 Å². The van der Waals surface area contributed by atoms with Crippen molar-refractivity contribution in [1.82, 2.24) is 4.98 Å². The first-order chi connectivity index (χ1) is 12.8. The van der Waals surface area contributed by atoms with Gasteiger partial charge in [0, 0.05) is 23.6 Å². The Bertz CT molecular complexity index is 967. The summed E-state index contributed by atoms with van der Waals surface area (Å²) in [5, 5.41) is 1.41. The fraction of sp³-hybridized carbons (Fsp3) is 0.333. The number of quaternary nitrogens is 1. The Morgan fingerprint density at radius 3 is 2.63 bits per heavy atom. The van der Waals surface area contributed by atoms with Crippen LogP contribution in [0.5, 0.6) is 0 Å². The summed E-state index contributed by atoms with van der Waals surface area (Å²) in [7, 11) is 4.24. The maximum Gasteiger partial charge on any atom is 0.260 e. The zero-order valence-electron chi connectivity index (χ0n) is 16.2. The highest BCUT2D eigenvalue weighted by molar-refractivity contribution is 7.22. The van der Waals surface area contributed by atoms with Gasteiger partial charge in [-0.25, -0.2) is 4.98 Å². The number of fused-ring (bicyclic) bond motifs is 1. The summed E-state index contributed by atoms with van der Waals surface area (Å²) in [6.07, 6.45) is 0.912. The van der Waals surface area contributed by atoms with E-state index in [1.165, 1.54) is 21.8 Å². The Morgan fingerprint density at radius 2 is 1.93 bits per heavy atom. The van der Waals surface area contributed by atoms with Crippen LogP contribution in [0.2, 0.25) is 5.02 Å². The second-order valence-electron chi connectivity index (χ2n) is 7.17. The molecule has 1 aromatic heterocycles. The number of aromatic nitrogens is 1. The van der Waals surface area contributed by atoms with E-state index in [2.05, 4.69) is 21.0 Å². The Balaban J connectivity index is 1.95. The maximum absolute atomic E-state index is 13.3. The summed E-state index contributed by atoms with van der Waals surface area (Å²) in [6.45, 7) is 5.72. The fourth-order valence-corrected chi connectivity index (χ4v) is 4.17. The zero-order chi connectivity index (χ0) is 19.6. The van der Waals surface area contributed by atoms with E-state index in [-0.39, 0.29) is 5.91 Å². The van der Waals surface area contributed by atoms with Crippen molar-refractivity contribution in [2.24, 2.45) is 0 Å². The predicted molar refractivity (Wildman–Crippen MR) is 115 cm³/mol. The lowest BCUT2D eigenvalue weighted by molar-refractivity contribution is -0.858.